The summed E-state index contributed by atoms with van der Waals surface area (Å²) in [5.41, 5.74) is 5.34. The Hall–Kier alpha value is -1.75. The lowest BCUT2D eigenvalue weighted by atomic mass is 10.2. The van der Waals surface area contributed by atoms with E-state index in [0.29, 0.717) is 13.2 Å². The molecule has 2 unspecified atom stereocenters. The highest BCUT2D eigenvalue weighted by molar-refractivity contribution is 5.79. The van der Waals surface area contributed by atoms with E-state index in [9.17, 15) is 4.79 Å². The van der Waals surface area contributed by atoms with Crippen LogP contribution in [0.25, 0.3) is 0 Å². The third-order valence-electron chi connectivity index (χ3n) is 3.37. The lowest BCUT2D eigenvalue weighted by molar-refractivity contribution is -0.123. The van der Waals surface area contributed by atoms with Crippen molar-refractivity contribution < 1.29 is 14.3 Å². The zero-order chi connectivity index (χ0) is 13.8. The second-order valence-electron chi connectivity index (χ2n) is 4.66. The molecule has 0 spiro atoms. The van der Waals surface area contributed by atoms with Crippen LogP contribution in [0.15, 0.2) is 24.3 Å². The molecular weight excluding hydrogens is 244 g/mol. The lowest BCUT2D eigenvalue weighted by Crippen LogP contribution is -2.48. The van der Waals surface area contributed by atoms with E-state index in [1.165, 1.54) is 0 Å². The van der Waals surface area contributed by atoms with Gasteiger partial charge < -0.3 is 15.2 Å². The first kappa shape index (κ1) is 13.7. The van der Waals surface area contributed by atoms with Gasteiger partial charge in [-0.1, -0.05) is 19.1 Å². The van der Waals surface area contributed by atoms with Crippen LogP contribution in [0.2, 0.25) is 0 Å². The van der Waals surface area contributed by atoms with Crippen LogP contribution in [0.1, 0.15) is 13.8 Å². The van der Waals surface area contributed by atoms with E-state index in [0.717, 1.165) is 18.0 Å². The van der Waals surface area contributed by atoms with E-state index < -0.39 is 0 Å². The van der Waals surface area contributed by atoms with Gasteiger partial charge in [-0.05, 0) is 25.6 Å². The van der Waals surface area contributed by atoms with Gasteiger partial charge in [-0.15, -0.1) is 0 Å². The number of hydrogen-bond acceptors (Lipinski definition) is 4. The number of primary amides is 1. The summed E-state index contributed by atoms with van der Waals surface area (Å²) >= 11 is 0. The quantitative estimate of drug-likeness (QED) is 0.862. The summed E-state index contributed by atoms with van der Waals surface area (Å²) in [7, 11) is 0. The van der Waals surface area contributed by atoms with Gasteiger partial charge in [0.05, 0.1) is 6.04 Å². The maximum Gasteiger partial charge on any atom is 0.234 e. The van der Waals surface area contributed by atoms with E-state index in [2.05, 4.69) is 0 Å². The average molecular weight is 264 g/mol. The molecule has 1 heterocycles. The van der Waals surface area contributed by atoms with Gasteiger partial charge in [-0.3, -0.25) is 9.69 Å². The zero-order valence-electron chi connectivity index (χ0n) is 11.3. The fraction of sp³-hybridized carbons (Fsp3) is 0.500. The second-order valence-corrected chi connectivity index (χ2v) is 4.66. The molecule has 1 amide bonds. The largest absolute Gasteiger partial charge is 0.486 e. The van der Waals surface area contributed by atoms with Gasteiger partial charge in [-0.25, -0.2) is 0 Å². The fourth-order valence-electron chi connectivity index (χ4n) is 2.16. The first-order chi connectivity index (χ1) is 9.11. The number of likely N-dealkylation sites (N-methyl/N-ethyl adjacent to an activating group) is 1. The standard InChI is InChI=1S/C14H20N2O3/c1-3-16(10(2)14(15)17)8-11-9-18-12-6-4-5-7-13(12)19-11/h4-7,10-11H,3,8-9H2,1-2H3,(H2,15,17). The molecule has 104 valence electrons. The average Bonchev–Trinajstić information content (AvgIpc) is 2.43. The molecule has 0 saturated heterocycles. The Labute approximate surface area is 113 Å². The Balaban J connectivity index is 1.99. The van der Waals surface area contributed by atoms with E-state index in [1.807, 2.05) is 43.0 Å². The minimum absolute atomic E-state index is 0.0864. The molecule has 0 bridgehead atoms. The Kier molecular flexibility index (Phi) is 4.27. The molecule has 0 aromatic heterocycles. The predicted octanol–water partition coefficient (Wildman–Crippen LogP) is 1.02. The Morgan fingerprint density at radius 3 is 2.79 bits per heavy atom. The normalized spacial score (nSPS) is 19.2. The summed E-state index contributed by atoms with van der Waals surface area (Å²) in [6.07, 6.45) is -0.0864. The summed E-state index contributed by atoms with van der Waals surface area (Å²) in [6, 6.07) is 7.29. The topological polar surface area (TPSA) is 64.8 Å². The SMILES string of the molecule is CCN(CC1COc2ccccc2O1)C(C)C(N)=O. The van der Waals surface area contributed by atoms with Gasteiger partial charge >= 0.3 is 0 Å². The van der Waals surface area contributed by atoms with Crippen molar-refractivity contribution in [1.29, 1.82) is 0 Å². The number of hydrogen-bond donors (Lipinski definition) is 1. The summed E-state index contributed by atoms with van der Waals surface area (Å²) in [5.74, 6) is 1.20. The third kappa shape index (κ3) is 3.17. The third-order valence-corrected chi connectivity index (χ3v) is 3.37. The molecule has 1 aliphatic heterocycles. The molecule has 1 aromatic rings. The van der Waals surface area contributed by atoms with Crippen LogP contribution in [-0.4, -0.2) is 42.6 Å². The zero-order valence-corrected chi connectivity index (χ0v) is 11.3. The van der Waals surface area contributed by atoms with Crippen LogP contribution in [0, 0.1) is 0 Å². The molecule has 1 aliphatic rings. The summed E-state index contributed by atoms with van der Waals surface area (Å²) < 4.78 is 11.5. The van der Waals surface area contributed by atoms with Crippen molar-refractivity contribution in [3.63, 3.8) is 0 Å². The molecule has 5 nitrogen and oxygen atoms in total. The van der Waals surface area contributed by atoms with Gasteiger partial charge in [0, 0.05) is 6.54 Å². The summed E-state index contributed by atoms with van der Waals surface area (Å²) in [6.45, 7) is 5.65. The van der Waals surface area contributed by atoms with Crippen molar-refractivity contribution in [2.75, 3.05) is 19.7 Å². The number of rotatable bonds is 5. The van der Waals surface area contributed by atoms with Crippen LogP contribution in [0.3, 0.4) is 0 Å². The Morgan fingerprint density at radius 1 is 1.47 bits per heavy atom. The number of carbonyl (C=O) groups excluding carboxylic acids is 1. The van der Waals surface area contributed by atoms with E-state index in [-0.39, 0.29) is 18.1 Å². The van der Waals surface area contributed by atoms with E-state index >= 15 is 0 Å². The molecule has 2 atom stereocenters. The number of fused-ring (bicyclic) bond motifs is 1. The van der Waals surface area contributed by atoms with Crippen molar-refractivity contribution in [3.8, 4) is 11.5 Å². The summed E-state index contributed by atoms with van der Waals surface area (Å²) in [4.78, 5) is 13.2. The second kappa shape index (κ2) is 5.93. The highest BCUT2D eigenvalue weighted by Crippen LogP contribution is 2.31. The van der Waals surface area contributed by atoms with Crippen LogP contribution in [0.5, 0.6) is 11.5 Å². The number of benzene rings is 1. The number of ether oxygens (including phenoxy) is 2. The molecule has 0 saturated carbocycles. The maximum absolute atomic E-state index is 11.2. The number of nitrogens with zero attached hydrogens (tertiary/aromatic N) is 1. The van der Waals surface area contributed by atoms with Crippen LogP contribution in [-0.2, 0) is 4.79 Å². The Morgan fingerprint density at radius 2 is 2.16 bits per heavy atom. The molecule has 1 aromatic carbocycles. The van der Waals surface area contributed by atoms with E-state index in [1.54, 1.807) is 0 Å². The van der Waals surface area contributed by atoms with Gasteiger partial charge in [-0.2, -0.15) is 0 Å². The van der Waals surface area contributed by atoms with Crippen molar-refractivity contribution in [2.45, 2.75) is 26.0 Å². The molecule has 0 aliphatic carbocycles. The number of nitrogens with two attached hydrogens (primary N) is 1. The number of para-hydroxylation sites is 2. The highest BCUT2D eigenvalue weighted by Gasteiger charge is 2.26. The van der Waals surface area contributed by atoms with Crippen molar-refractivity contribution >= 4 is 5.91 Å². The molecule has 0 fully saturated rings. The molecule has 5 heteroatoms. The fourth-order valence-corrected chi connectivity index (χ4v) is 2.16. The van der Waals surface area contributed by atoms with Crippen LogP contribution < -0.4 is 15.2 Å². The van der Waals surface area contributed by atoms with Gasteiger partial charge in [0.2, 0.25) is 5.91 Å². The maximum atomic E-state index is 11.2. The van der Waals surface area contributed by atoms with Gasteiger partial charge in [0.1, 0.15) is 12.7 Å². The van der Waals surface area contributed by atoms with E-state index in [4.69, 9.17) is 15.2 Å². The first-order valence-electron chi connectivity index (χ1n) is 6.53. The first-order valence-corrected chi connectivity index (χ1v) is 6.53. The van der Waals surface area contributed by atoms with Gasteiger partial charge in [0.15, 0.2) is 11.5 Å². The molecule has 2 N–H and O–H groups in total. The number of carbonyl (C=O) groups is 1. The number of amides is 1. The van der Waals surface area contributed by atoms with Gasteiger partial charge in [0.25, 0.3) is 0 Å². The summed E-state index contributed by atoms with van der Waals surface area (Å²) in [5, 5.41) is 0. The smallest absolute Gasteiger partial charge is 0.234 e. The van der Waals surface area contributed by atoms with Crippen LogP contribution in [0.4, 0.5) is 0 Å². The van der Waals surface area contributed by atoms with Crippen molar-refractivity contribution in [3.05, 3.63) is 24.3 Å². The highest BCUT2D eigenvalue weighted by atomic mass is 16.6. The Bertz CT molecular complexity index is 450. The molecule has 2 rings (SSSR count). The lowest BCUT2D eigenvalue weighted by Gasteiger charge is -2.32. The monoisotopic (exact) mass is 264 g/mol. The minimum Gasteiger partial charge on any atom is -0.486 e. The van der Waals surface area contributed by atoms with Crippen molar-refractivity contribution in [1.82, 2.24) is 4.90 Å². The predicted molar refractivity (Wildman–Crippen MR) is 72.3 cm³/mol. The molecule has 0 radical (unpaired) electrons. The minimum atomic E-state index is -0.320. The van der Waals surface area contributed by atoms with Crippen molar-refractivity contribution in [2.24, 2.45) is 5.73 Å². The molecule has 19 heavy (non-hydrogen) atoms. The van der Waals surface area contributed by atoms with Crippen LogP contribution >= 0.6 is 0 Å². The molecular formula is C14H20N2O3.